The molecule has 202 valence electrons. The average Bonchev–Trinajstić information content (AvgIpc) is 3.11. The number of rotatable bonds is 6. The monoisotopic (exact) mass is 517 g/mol. The van der Waals surface area contributed by atoms with Gasteiger partial charge in [-0.15, -0.1) is 0 Å². The third kappa shape index (κ3) is 7.95. The van der Waals surface area contributed by atoms with Gasteiger partial charge < -0.3 is 20.6 Å². The van der Waals surface area contributed by atoms with Gasteiger partial charge in [0.1, 0.15) is 0 Å². The van der Waals surface area contributed by atoms with Gasteiger partial charge >= 0.3 is 6.18 Å². The Morgan fingerprint density at radius 3 is 2.35 bits per heavy atom. The predicted molar refractivity (Wildman–Crippen MR) is 142 cm³/mol. The molecule has 37 heavy (non-hydrogen) atoms. The van der Waals surface area contributed by atoms with Gasteiger partial charge in [-0.05, 0) is 75.7 Å². The summed E-state index contributed by atoms with van der Waals surface area (Å²) in [6.45, 7) is 13.3. The van der Waals surface area contributed by atoms with Gasteiger partial charge in [-0.25, -0.2) is 9.97 Å². The van der Waals surface area contributed by atoms with Gasteiger partial charge in [0.15, 0.2) is 0 Å². The van der Waals surface area contributed by atoms with Crippen LogP contribution in [0.15, 0.2) is 49.4 Å². The Morgan fingerprint density at radius 2 is 1.81 bits per heavy atom. The molecule has 1 unspecified atom stereocenters. The highest BCUT2D eigenvalue weighted by Gasteiger charge is 2.33. The summed E-state index contributed by atoms with van der Waals surface area (Å²) in [4.78, 5) is 9.93. The van der Waals surface area contributed by atoms with Crippen LogP contribution in [0.2, 0.25) is 0 Å². The summed E-state index contributed by atoms with van der Waals surface area (Å²) in [6, 6.07) is 8.03. The largest absolute Gasteiger partial charge is 0.513 e. The minimum absolute atomic E-state index is 0.112. The van der Waals surface area contributed by atoms with E-state index in [1.54, 1.807) is 0 Å². The lowest BCUT2D eigenvalue weighted by molar-refractivity contribution is -0.138. The normalized spacial score (nSPS) is 21.5. The summed E-state index contributed by atoms with van der Waals surface area (Å²) in [5.41, 5.74) is 1.71. The molecule has 3 N–H and O–H groups in total. The highest BCUT2D eigenvalue weighted by Crippen LogP contribution is 2.36. The van der Waals surface area contributed by atoms with Crippen molar-refractivity contribution in [1.29, 1.82) is 0 Å². The molecule has 0 bridgehead atoms. The number of nitrogens with zero attached hydrogens (tertiary/aromatic N) is 3. The maximum atomic E-state index is 12.8. The number of aromatic nitrogens is 2. The zero-order valence-electron chi connectivity index (χ0n) is 21.9. The van der Waals surface area contributed by atoms with E-state index >= 15 is 0 Å². The van der Waals surface area contributed by atoms with Crippen molar-refractivity contribution in [2.75, 3.05) is 25.5 Å². The van der Waals surface area contributed by atoms with Crippen LogP contribution in [0.3, 0.4) is 0 Å². The number of anilines is 2. The van der Waals surface area contributed by atoms with E-state index in [0.29, 0.717) is 23.4 Å². The number of nitrogens with one attached hydrogen (secondary N) is 2. The van der Waals surface area contributed by atoms with E-state index in [9.17, 15) is 13.2 Å². The Balaban J connectivity index is 0.000000405. The van der Waals surface area contributed by atoms with Crippen molar-refractivity contribution in [1.82, 2.24) is 20.2 Å². The Kier molecular flexibility index (Phi) is 9.59. The van der Waals surface area contributed by atoms with Crippen molar-refractivity contribution < 1.29 is 18.3 Å². The van der Waals surface area contributed by atoms with Crippen molar-refractivity contribution in [3.05, 3.63) is 66.2 Å². The van der Waals surface area contributed by atoms with E-state index in [2.05, 4.69) is 52.6 Å². The van der Waals surface area contributed by atoms with Gasteiger partial charge in [0.05, 0.1) is 17.0 Å². The van der Waals surface area contributed by atoms with Crippen LogP contribution in [0.25, 0.3) is 5.70 Å². The molecule has 0 spiro atoms. The van der Waals surface area contributed by atoms with Crippen LogP contribution in [-0.2, 0) is 6.18 Å². The lowest BCUT2D eigenvalue weighted by atomic mass is 9.75. The van der Waals surface area contributed by atoms with Gasteiger partial charge in [-0.2, -0.15) is 13.2 Å². The highest BCUT2D eigenvalue weighted by molar-refractivity contribution is 5.65. The van der Waals surface area contributed by atoms with Crippen molar-refractivity contribution >= 4 is 17.3 Å². The van der Waals surface area contributed by atoms with Gasteiger partial charge in [0.2, 0.25) is 5.95 Å². The predicted octanol–water partition coefficient (Wildman–Crippen LogP) is 6.70. The average molecular weight is 518 g/mol. The molecule has 9 heteroatoms. The second kappa shape index (κ2) is 12.4. The molecule has 2 heterocycles. The molecule has 1 atom stereocenters. The van der Waals surface area contributed by atoms with Crippen LogP contribution in [0.5, 0.6) is 0 Å². The summed E-state index contributed by atoms with van der Waals surface area (Å²) in [5, 5.41) is 15.2. The first-order chi connectivity index (χ1) is 17.5. The maximum Gasteiger partial charge on any atom is 0.419 e. The number of benzene rings is 1. The summed E-state index contributed by atoms with van der Waals surface area (Å²) < 4.78 is 38.5. The van der Waals surface area contributed by atoms with Crippen LogP contribution in [0.1, 0.15) is 55.8 Å². The summed E-state index contributed by atoms with van der Waals surface area (Å²) in [5.74, 6) is 1.74. The lowest BCUT2D eigenvalue weighted by Gasteiger charge is -2.31. The van der Waals surface area contributed by atoms with E-state index < -0.39 is 11.7 Å². The molecule has 1 aliphatic heterocycles. The fourth-order valence-electron chi connectivity index (χ4n) is 4.67. The molecule has 2 aliphatic rings. The first-order valence-electron chi connectivity index (χ1n) is 12.7. The Bertz CT molecular complexity index is 1060. The number of hydrogen-bond donors (Lipinski definition) is 3. The van der Waals surface area contributed by atoms with Crippen LogP contribution in [-0.4, -0.2) is 46.2 Å². The van der Waals surface area contributed by atoms with E-state index in [1.807, 2.05) is 24.3 Å². The smallest absolute Gasteiger partial charge is 0.419 e. The molecule has 1 saturated carbocycles. The van der Waals surface area contributed by atoms with E-state index in [0.717, 1.165) is 68.6 Å². The quantitative estimate of drug-likeness (QED) is 0.371. The SMILES string of the molecule is C=C(O)C1CC(C)C1.C=C(c1ccc(Nc2ncc(C(F)(F)F)c(C)n2)cc1)N(C)C1CCCNCC1. The molecule has 1 saturated heterocycles. The highest BCUT2D eigenvalue weighted by atomic mass is 19.4. The van der Waals surface area contributed by atoms with Crippen LogP contribution < -0.4 is 10.6 Å². The molecule has 1 aliphatic carbocycles. The third-order valence-corrected chi connectivity index (χ3v) is 7.12. The fourth-order valence-corrected chi connectivity index (χ4v) is 4.67. The van der Waals surface area contributed by atoms with Crippen molar-refractivity contribution in [3.63, 3.8) is 0 Å². The summed E-state index contributed by atoms with van der Waals surface area (Å²) in [7, 11) is 2.07. The van der Waals surface area contributed by atoms with Crippen molar-refractivity contribution in [2.45, 2.75) is 58.2 Å². The first kappa shape index (κ1) is 28.5. The van der Waals surface area contributed by atoms with Crippen molar-refractivity contribution in [3.8, 4) is 0 Å². The molecule has 1 aromatic heterocycles. The summed E-state index contributed by atoms with van der Waals surface area (Å²) >= 11 is 0. The minimum atomic E-state index is -4.45. The maximum absolute atomic E-state index is 12.8. The molecular weight excluding hydrogens is 479 g/mol. The molecule has 0 radical (unpaired) electrons. The molecule has 4 rings (SSSR count). The number of aliphatic hydroxyl groups is 1. The zero-order chi connectivity index (χ0) is 27.2. The van der Waals surface area contributed by atoms with E-state index in [-0.39, 0.29) is 11.6 Å². The third-order valence-electron chi connectivity index (χ3n) is 7.12. The zero-order valence-corrected chi connectivity index (χ0v) is 21.9. The Morgan fingerprint density at radius 1 is 1.14 bits per heavy atom. The number of hydrogen-bond acceptors (Lipinski definition) is 6. The molecule has 2 aromatic rings. The molecular formula is C28H38F3N5O. The van der Waals surface area contributed by atoms with Crippen LogP contribution >= 0.6 is 0 Å². The van der Waals surface area contributed by atoms with Gasteiger partial charge in [0, 0.05) is 36.6 Å². The topological polar surface area (TPSA) is 73.3 Å². The summed E-state index contributed by atoms with van der Waals surface area (Å²) in [6.07, 6.45) is 1.98. The molecule has 6 nitrogen and oxygen atoms in total. The minimum Gasteiger partial charge on any atom is -0.513 e. The number of allylic oxidation sites excluding steroid dienone is 1. The fraction of sp³-hybridized carbons (Fsp3) is 0.500. The first-order valence-corrected chi connectivity index (χ1v) is 12.7. The number of aliphatic hydroxyl groups excluding tert-OH is 1. The lowest BCUT2D eigenvalue weighted by Crippen LogP contribution is -2.30. The van der Waals surface area contributed by atoms with E-state index in [1.165, 1.54) is 6.92 Å². The second-order valence-corrected chi connectivity index (χ2v) is 10.0. The van der Waals surface area contributed by atoms with Gasteiger partial charge in [-0.3, -0.25) is 0 Å². The molecule has 1 aromatic carbocycles. The molecule has 0 amide bonds. The van der Waals surface area contributed by atoms with E-state index in [4.69, 9.17) is 5.11 Å². The second-order valence-electron chi connectivity index (χ2n) is 10.0. The standard InChI is InChI=1S/C21H26F3N5.C7H12O/c1-14-19(21(22,23)24)13-26-20(27-14)28-17-8-6-16(7-9-17)15(2)29(3)18-5-4-11-25-12-10-18;1-5-3-7(4-5)6(2)8/h6-9,13,18,25H,2,4-5,10-12H2,1,3H3,(H,26,27,28);5,7-8H,2-4H2,1H3. The van der Waals surface area contributed by atoms with Crippen molar-refractivity contribution in [2.24, 2.45) is 11.8 Å². The van der Waals surface area contributed by atoms with Crippen LogP contribution in [0, 0.1) is 18.8 Å². The number of alkyl halides is 3. The van der Waals surface area contributed by atoms with Crippen LogP contribution in [0.4, 0.5) is 24.8 Å². The number of halogens is 3. The van der Waals surface area contributed by atoms with Gasteiger partial charge in [0.25, 0.3) is 0 Å². The molecule has 2 fully saturated rings. The number of aryl methyl sites for hydroxylation is 1. The Hall–Kier alpha value is -3.07. The Labute approximate surface area is 217 Å². The van der Waals surface area contributed by atoms with Gasteiger partial charge in [-0.1, -0.05) is 32.2 Å².